The zero-order chi connectivity index (χ0) is 21.8. The molecule has 0 aromatic heterocycles. The van der Waals surface area contributed by atoms with Crippen LogP contribution in [-0.2, 0) is 5.41 Å². The highest BCUT2D eigenvalue weighted by molar-refractivity contribution is 7.80. The van der Waals surface area contributed by atoms with Gasteiger partial charge in [-0.05, 0) is 48.1 Å². The van der Waals surface area contributed by atoms with E-state index in [9.17, 15) is 0 Å². The summed E-state index contributed by atoms with van der Waals surface area (Å²) in [7, 11) is -0.698. The quantitative estimate of drug-likeness (QED) is 0.348. The average Bonchev–Trinajstić information content (AvgIpc) is 2.77. The number of para-hydroxylation sites is 2. The van der Waals surface area contributed by atoms with Crippen LogP contribution in [0.15, 0.2) is 103 Å². The standard InChI is InChI=1S/C29H30NP/c1-22-14-11-12-20-26(22)30-28-25(29(2,3)4)19-13-21-27(28)31(23-15-7-5-8-16-23)24-17-9-6-10-18-24/h5-21,30H,1-4H3. The number of nitrogens with one attached hydrogen (secondary N) is 1. The molecule has 0 aliphatic carbocycles. The molecular weight excluding hydrogens is 393 g/mol. The summed E-state index contributed by atoms with van der Waals surface area (Å²) in [4.78, 5) is 0. The molecule has 4 aromatic carbocycles. The minimum Gasteiger partial charge on any atom is -0.355 e. The molecule has 1 nitrogen and oxygen atoms in total. The Labute approximate surface area is 187 Å². The van der Waals surface area contributed by atoms with Crippen molar-refractivity contribution in [2.75, 3.05) is 5.32 Å². The highest BCUT2D eigenvalue weighted by Gasteiger charge is 2.26. The minimum atomic E-state index is -0.698. The van der Waals surface area contributed by atoms with Crippen molar-refractivity contribution in [2.24, 2.45) is 0 Å². The maximum atomic E-state index is 3.85. The summed E-state index contributed by atoms with van der Waals surface area (Å²) in [5.74, 6) is 0. The molecule has 0 amide bonds. The molecule has 2 heteroatoms. The first kappa shape index (κ1) is 21.3. The van der Waals surface area contributed by atoms with Gasteiger partial charge < -0.3 is 5.32 Å². The van der Waals surface area contributed by atoms with Crippen LogP contribution in [-0.4, -0.2) is 0 Å². The fourth-order valence-electron chi connectivity index (χ4n) is 3.91. The van der Waals surface area contributed by atoms with Gasteiger partial charge in [-0.25, -0.2) is 0 Å². The molecule has 31 heavy (non-hydrogen) atoms. The third-order valence-corrected chi connectivity index (χ3v) is 8.01. The van der Waals surface area contributed by atoms with Crippen molar-refractivity contribution in [2.45, 2.75) is 33.1 Å². The molecule has 156 valence electrons. The molecule has 0 saturated heterocycles. The highest BCUT2D eigenvalue weighted by Crippen LogP contribution is 2.40. The maximum Gasteiger partial charge on any atom is 0.0507 e. The van der Waals surface area contributed by atoms with Crippen LogP contribution in [0.2, 0.25) is 0 Å². The van der Waals surface area contributed by atoms with Crippen molar-refractivity contribution in [3.63, 3.8) is 0 Å². The van der Waals surface area contributed by atoms with Crippen molar-refractivity contribution >= 4 is 35.2 Å². The first-order valence-corrected chi connectivity index (χ1v) is 12.2. The lowest BCUT2D eigenvalue weighted by Gasteiger charge is -2.29. The molecule has 0 bridgehead atoms. The smallest absolute Gasteiger partial charge is 0.0507 e. The normalized spacial score (nSPS) is 11.5. The van der Waals surface area contributed by atoms with E-state index in [2.05, 4.69) is 136 Å². The van der Waals surface area contributed by atoms with Crippen molar-refractivity contribution in [1.82, 2.24) is 0 Å². The van der Waals surface area contributed by atoms with Gasteiger partial charge in [0.1, 0.15) is 0 Å². The van der Waals surface area contributed by atoms with Gasteiger partial charge >= 0.3 is 0 Å². The molecule has 0 heterocycles. The second-order valence-electron chi connectivity index (χ2n) is 8.90. The Morgan fingerprint density at radius 1 is 0.613 bits per heavy atom. The van der Waals surface area contributed by atoms with Crippen molar-refractivity contribution in [3.05, 3.63) is 114 Å². The van der Waals surface area contributed by atoms with Gasteiger partial charge in [0.25, 0.3) is 0 Å². The van der Waals surface area contributed by atoms with E-state index < -0.39 is 7.92 Å². The van der Waals surface area contributed by atoms with Gasteiger partial charge in [-0.1, -0.05) is 118 Å². The number of rotatable bonds is 5. The lowest BCUT2D eigenvalue weighted by Crippen LogP contribution is -2.26. The zero-order valence-corrected chi connectivity index (χ0v) is 19.7. The molecule has 0 atom stereocenters. The van der Waals surface area contributed by atoms with Gasteiger partial charge in [-0.2, -0.15) is 0 Å². The fraction of sp³-hybridized carbons (Fsp3) is 0.172. The number of hydrogen-bond acceptors (Lipinski definition) is 1. The summed E-state index contributed by atoms with van der Waals surface area (Å²) >= 11 is 0. The maximum absolute atomic E-state index is 3.85. The molecule has 0 radical (unpaired) electrons. The van der Waals surface area contributed by atoms with Crippen molar-refractivity contribution in [1.29, 1.82) is 0 Å². The number of benzene rings is 4. The summed E-state index contributed by atoms with van der Waals surface area (Å²) < 4.78 is 0. The van der Waals surface area contributed by atoms with Crippen molar-refractivity contribution < 1.29 is 0 Å². The van der Waals surface area contributed by atoms with Crippen LogP contribution < -0.4 is 21.2 Å². The second-order valence-corrected chi connectivity index (χ2v) is 11.1. The molecule has 4 rings (SSSR count). The minimum absolute atomic E-state index is 0.0232. The molecular formula is C29H30NP. The van der Waals surface area contributed by atoms with Crippen LogP contribution in [0.5, 0.6) is 0 Å². The third-order valence-electron chi connectivity index (χ3n) is 5.52. The van der Waals surface area contributed by atoms with Crippen LogP contribution in [0.3, 0.4) is 0 Å². The topological polar surface area (TPSA) is 12.0 Å². The van der Waals surface area contributed by atoms with Crippen LogP contribution in [0.25, 0.3) is 0 Å². The van der Waals surface area contributed by atoms with Crippen LogP contribution in [0.1, 0.15) is 31.9 Å². The average molecular weight is 424 g/mol. The third kappa shape index (κ3) is 4.73. The molecule has 0 aliphatic heterocycles. The summed E-state index contributed by atoms with van der Waals surface area (Å²) in [5.41, 5.74) is 5.02. The Morgan fingerprint density at radius 3 is 1.71 bits per heavy atom. The van der Waals surface area contributed by atoms with E-state index in [1.807, 2.05) is 0 Å². The predicted octanol–water partition coefficient (Wildman–Crippen LogP) is 6.79. The van der Waals surface area contributed by atoms with Gasteiger partial charge in [0, 0.05) is 11.0 Å². The van der Waals surface area contributed by atoms with E-state index in [1.165, 1.54) is 32.7 Å². The summed E-state index contributed by atoms with van der Waals surface area (Å²) in [6.45, 7) is 9.05. The Kier molecular flexibility index (Phi) is 6.25. The summed E-state index contributed by atoms with van der Waals surface area (Å²) in [6, 6.07) is 37.2. The van der Waals surface area contributed by atoms with E-state index in [-0.39, 0.29) is 5.41 Å². The second kappa shape index (κ2) is 9.08. The van der Waals surface area contributed by atoms with E-state index in [4.69, 9.17) is 0 Å². The molecule has 0 unspecified atom stereocenters. The fourth-order valence-corrected chi connectivity index (χ4v) is 6.34. The number of hydrogen-bond donors (Lipinski definition) is 1. The van der Waals surface area contributed by atoms with Gasteiger partial charge in [-0.15, -0.1) is 0 Å². The lowest BCUT2D eigenvalue weighted by molar-refractivity contribution is 0.593. The Balaban J connectivity index is 1.96. The van der Waals surface area contributed by atoms with E-state index in [0.717, 1.165) is 5.69 Å². The monoisotopic (exact) mass is 423 g/mol. The van der Waals surface area contributed by atoms with Crippen molar-refractivity contribution in [3.8, 4) is 0 Å². The first-order chi connectivity index (χ1) is 14.9. The Morgan fingerprint density at radius 2 is 1.16 bits per heavy atom. The molecule has 0 fully saturated rings. The molecule has 0 aliphatic rings. The Hall–Kier alpha value is -2.89. The Bertz CT molecular complexity index is 1100. The van der Waals surface area contributed by atoms with Crippen LogP contribution in [0, 0.1) is 6.92 Å². The van der Waals surface area contributed by atoms with E-state index in [1.54, 1.807) is 0 Å². The number of anilines is 2. The molecule has 1 N–H and O–H groups in total. The summed E-state index contributed by atoms with van der Waals surface area (Å²) in [6.07, 6.45) is 0. The first-order valence-electron chi connectivity index (χ1n) is 10.8. The predicted molar refractivity (Wildman–Crippen MR) is 138 cm³/mol. The molecule has 0 spiro atoms. The van der Waals surface area contributed by atoms with E-state index >= 15 is 0 Å². The largest absolute Gasteiger partial charge is 0.355 e. The molecule has 0 saturated carbocycles. The van der Waals surface area contributed by atoms with Gasteiger partial charge in [0.2, 0.25) is 0 Å². The van der Waals surface area contributed by atoms with Crippen LogP contribution >= 0.6 is 7.92 Å². The lowest BCUT2D eigenvalue weighted by atomic mass is 9.85. The summed E-state index contributed by atoms with van der Waals surface area (Å²) in [5, 5.41) is 7.94. The van der Waals surface area contributed by atoms with Gasteiger partial charge in [0.15, 0.2) is 0 Å². The zero-order valence-electron chi connectivity index (χ0n) is 18.8. The van der Waals surface area contributed by atoms with E-state index in [0.29, 0.717) is 0 Å². The van der Waals surface area contributed by atoms with Crippen LogP contribution in [0.4, 0.5) is 11.4 Å². The van der Waals surface area contributed by atoms with Gasteiger partial charge in [0.05, 0.1) is 5.69 Å². The number of aryl methyl sites for hydroxylation is 1. The van der Waals surface area contributed by atoms with Gasteiger partial charge in [-0.3, -0.25) is 0 Å². The highest BCUT2D eigenvalue weighted by atomic mass is 31.1. The SMILES string of the molecule is Cc1ccccc1Nc1c(P(c2ccccc2)c2ccccc2)cccc1C(C)(C)C. The molecule has 4 aromatic rings.